The summed E-state index contributed by atoms with van der Waals surface area (Å²) in [5.74, 6) is 0.677. The molecule has 3 heterocycles. The number of imidazole rings is 1. The van der Waals surface area contributed by atoms with Gasteiger partial charge in [0.15, 0.2) is 28.2 Å². The molecule has 3 aromatic heterocycles. The van der Waals surface area contributed by atoms with E-state index < -0.39 is 0 Å². The number of fused-ring (bicyclic) bond motifs is 2. The van der Waals surface area contributed by atoms with E-state index in [0.29, 0.717) is 22.7 Å². The fraction of sp³-hybridized carbons (Fsp3) is 0.263. The molecular weight excluding hydrogens is 378 g/mol. The number of rotatable bonds is 4. The van der Waals surface area contributed by atoms with Crippen molar-refractivity contribution in [3.63, 3.8) is 0 Å². The molecule has 0 bridgehead atoms. The lowest BCUT2D eigenvalue weighted by atomic mass is 10.3. The maximum atomic E-state index is 12.8. The van der Waals surface area contributed by atoms with Crippen LogP contribution in [0.5, 0.6) is 0 Å². The smallest absolute Gasteiger partial charge is 0.276 e. The van der Waals surface area contributed by atoms with Crippen LogP contribution in [0.1, 0.15) is 28.8 Å². The number of benzene rings is 1. The number of nitrogens with one attached hydrogen (secondary N) is 2. The Kier molecular flexibility index (Phi) is 4.43. The van der Waals surface area contributed by atoms with Gasteiger partial charge in [0, 0.05) is 17.3 Å². The number of aromatic nitrogens is 5. The van der Waals surface area contributed by atoms with E-state index in [0.717, 1.165) is 29.0 Å². The molecule has 1 aromatic carbocycles. The van der Waals surface area contributed by atoms with Gasteiger partial charge >= 0.3 is 0 Å². The fourth-order valence-electron chi connectivity index (χ4n) is 3.50. The molecule has 28 heavy (non-hydrogen) atoms. The van der Waals surface area contributed by atoms with Crippen molar-refractivity contribution in [3.8, 4) is 0 Å². The normalized spacial score (nSPS) is 11.4. The highest BCUT2D eigenvalue weighted by atomic mass is 35.5. The van der Waals surface area contributed by atoms with E-state index in [1.807, 2.05) is 36.7 Å². The van der Waals surface area contributed by atoms with Gasteiger partial charge in [0.2, 0.25) is 0 Å². The summed E-state index contributed by atoms with van der Waals surface area (Å²) in [5.41, 5.74) is 10.3. The van der Waals surface area contributed by atoms with Gasteiger partial charge < -0.3 is 16.0 Å². The number of anilines is 1. The first-order valence-corrected chi connectivity index (χ1v) is 9.34. The Balaban J connectivity index is 1.66. The van der Waals surface area contributed by atoms with Crippen molar-refractivity contribution >= 4 is 45.5 Å². The molecule has 4 rings (SSSR count). The van der Waals surface area contributed by atoms with Gasteiger partial charge in [-0.25, -0.2) is 19.1 Å². The number of H-pyrrole nitrogens is 1. The van der Waals surface area contributed by atoms with E-state index in [-0.39, 0.29) is 17.4 Å². The van der Waals surface area contributed by atoms with Crippen molar-refractivity contribution in [1.82, 2.24) is 24.8 Å². The molecule has 0 saturated heterocycles. The molecule has 0 unspecified atom stereocenters. The monoisotopic (exact) mass is 398 g/mol. The minimum atomic E-state index is -0.363. The first kappa shape index (κ1) is 18.2. The van der Waals surface area contributed by atoms with E-state index >= 15 is 0 Å². The van der Waals surface area contributed by atoms with Crippen LogP contribution in [0, 0.1) is 6.92 Å². The zero-order valence-corrected chi connectivity index (χ0v) is 16.6. The van der Waals surface area contributed by atoms with Crippen LogP contribution in [0.25, 0.3) is 22.2 Å². The molecule has 144 valence electrons. The number of nitrogens with zero attached hydrogens (tertiary/aromatic N) is 4. The molecule has 0 spiro atoms. The second-order valence-electron chi connectivity index (χ2n) is 6.66. The number of carbonyl (C=O) groups is 1. The Labute approximate surface area is 166 Å². The topological polar surface area (TPSA) is 105 Å². The summed E-state index contributed by atoms with van der Waals surface area (Å²) in [4.78, 5) is 24.4. The van der Waals surface area contributed by atoms with Gasteiger partial charge in [0.25, 0.3) is 11.7 Å². The average Bonchev–Trinajstić information content (AvgIpc) is 3.15. The van der Waals surface area contributed by atoms with Crippen LogP contribution < -0.4 is 15.6 Å². The third-order valence-corrected chi connectivity index (χ3v) is 5.18. The highest BCUT2D eigenvalue weighted by Crippen LogP contribution is 2.20. The standard InChI is InChI=1S/C19H20ClN7O/c1-4-27-13-7-11(20)5-6-12(13)26(3)14(27)9-23-19(28)16-17(21)25-18-15(24-16)10(2)8-22-18/h5-8H,4,9H2,1-3H3,(H3-,21,22,23,24,25,28)/p+1. The number of carbonyl (C=O) groups excluding carboxylic acids is 1. The number of nitrogens with two attached hydrogens (primary N) is 1. The lowest BCUT2D eigenvalue weighted by Gasteiger charge is -2.06. The molecule has 0 saturated carbocycles. The summed E-state index contributed by atoms with van der Waals surface area (Å²) in [7, 11) is 1.97. The SMILES string of the molecule is CCn1c(CNC(=O)c2nc3c(C)c[nH]c3nc2N)[n+](C)c2ccc(Cl)cc21. The Bertz CT molecular complexity index is 1220. The van der Waals surface area contributed by atoms with Crippen LogP contribution in [-0.4, -0.2) is 25.4 Å². The Morgan fingerprint density at radius 1 is 1.39 bits per heavy atom. The summed E-state index contributed by atoms with van der Waals surface area (Å²) < 4.78 is 4.17. The van der Waals surface area contributed by atoms with Gasteiger partial charge in [0.05, 0.1) is 13.6 Å². The molecule has 0 atom stereocenters. The fourth-order valence-corrected chi connectivity index (χ4v) is 3.67. The maximum Gasteiger partial charge on any atom is 0.276 e. The molecule has 8 nitrogen and oxygen atoms in total. The minimum absolute atomic E-state index is 0.0963. The number of hydrogen-bond donors (Lipinski definition) is 3. The summed E-state index contributed by atoms with van der Waals surface area (Å²) >= 11 is 6.16. The van der Waals surface area contributed by atoms with Crippen molar-refractivity contribution in [2.24, 2.45) is 7.05 Å². The molecule has 0 aliphatic heterocycles. The summed E-state index contributed by atoms with van der Waals surface area (Å²) in [6.45, 7) is 5.02. The van der Waals surface area contributed by atoms with Crippen LogP contribution in [0.4, 0.5) is 5.82 Å². The molecule has 0 aliphatic rings. The van der Waals surface area contributed by atoms with Gasteiger partial charge in [0.1, 0.15) is 12.1 Å². The van der Waals surface area contributed by atoms with E-state index in [1.165, 1.54) is 0 Å². The summed E-state index contributed by atoms with van der Waals surface area (Å²) in [6.07, 6.45) is 1.79. The van der Waals surface area contributed by atoms with Gasteiger partial charge in [-0.05, 0) is 31.5 Å². The van der Waals surface area contributed by atoms with Gasteiger partial charge in [-0.2, -0.15) is 0 Å². The second-order valence-corrected chi connectivity index (χ2v) is 7.10. The first-order valence-electron chi connectivity index (χ1n) is 8.96. The summed E-state index contributed by atoms with van der Waals surface area (Å²) in [5, 5.41) is 3.59. The molecule has 1 amide bonds. The van der Waals surface area contributed by atoms with Crippen LogP contribution in [-0.2, 0) is 20.1 Å². The zero-order chi connectivity index (χ0) is 20.0. The molecule has 4 N–H and O–H groups in total. The number of hydrogen-bond acceptors (Lipinski definition) is 4. The highest BCUT2D eigenvalue weighted by Gasteiger charge is 2.23. The van der Waals surface area contributed by atoms with Crippen molar-refractivity contribution in [3.05, 3.63) is 46.5 Å². The molecule has 0 radical (unpaired) electrons. The lowest BCUT2D eigenvalue weighted by molar-refractivity contribution is -0.654. The molecule has 4 aromatic rings. The van der Waals surface area contributed by atoms with E-state index in [2.05, 4.69) is 31.8 Å². The number of amides is 1. The predicted molar refractivity (Wildman–Crippen MR) is 108 cm³/mol. The summed E-state index contributed by atoms with van der Waals surface area (Å²) in [6, 6.07) is 5.76. The van der Waals surface area contributed by atoms with Gasteiger partial charge in [-0.1, -0.05) is 11.6 Å². The van der Waals surface area contributed by atoms with Crippen LogP contribution in [0.2, 0.25) is 5.02 Å². The average molecular weight is 399 g/mol. The van der Waals surface area contributed by atoms with Crippen molar-refractivity contribution in [2.75, 3.05) is 5.73 Å². The molecular formula is C19H21ClN7O+. The minimum Gasteiger partial charge on any atom is -0.382 e. The molecule has 0 aliphatic carbocycles. The predicted octanol–water partition coefficient (Wildman–Crippen LogP) is 2.23. The van der Waals surface area contributed by atoms with E-state index in [9.17, 15) is 4.79 Å². The lowest BCUT2D eigenvalue weighted by Crippen LogP contribution is -2.38. The third kappa shape index (κ3) is 2.86. The number of halogens is 1. The third-order valence-electron chi connectivity index (χ3n) is 4.95. The van der Waals surface area contributed by atoms with Crippen LogP contribution >= 0.6 is 11.6 Å². The van der Waals surface area contributed by atoms with Gasteiger partial charge in [-0.15, -0.1) is 0 Å². The maximum absolute atomic E-state index is 12.8. The molecule has 9 heteroatoms. The quantitative estimate of drug-likeness (QED) is 0.458. The Morgan fingerprint density at radius 3 is 2.93 bits per heavy atom. The Morgan fingerprint density at radius 2 is 2.18 bits per heavy atom. The number of aryl methyl sites for hydroxylation is 3. The van der Waals surface area contributed by atoms with Crippen LogP contribution in [0.3, 0.4) is 0 Å². The van der Waals surface area contributed by atoms with Gasteiger partial charge in [-0.3, -0.25) is 4.79 Å². The van der Waals surface area contributed by atoms with Crippen molar-refractivity contribution < 1.29 is 9.36 Å². The number of nitrogen functional groups attached to an aromatic ring is 1. The first-order chi connectivity index (χ1) is 13.4. The van der Waals surface area contributed by atoms with E-state index in [1.54, 1.807) is 6.20 Å². The van der Waals surface area contributed by atoms with Crippen LogP contribution in [0.15, 0.2) is 24.4 Å². The van der Waals surface area contributed by atoms with E-state index in [4.69, 9.17) is 17.3 Å². The van der Waals surface area contributed by atoms with Crippen molar-refractivity contribution in [2.45, 2.75) is 26.9 Å². The highest BCUT2D eigenvalue weighted by molar-refractivity contribution is 6.31. The van der Waals surface area contributed by atoms with Crippen molar-refractivity contribution in [1.29, 1.82) is 0 Å². The molecule has 0 fully saturated rings. The number of aromatic amines is 1. The zero-order valence-electron chi connectivity index (χ0n) is 15.9. The Hall–Kier alpha value is -3.13. The second kappa shape index (κ2) is 6.79. The largest absolute Gasteiger partial charge is 0.382 e.